The predicted octanol–water partition coefficient (Wildman–Crippen LogP) is 4.04. The summed E-state index contributed by atoms with van der Waals surface area (Å²) in [6, 6.07) is 13.5. The van der Waals surface area contributed by atoms with Crippen LogP contribution in [-0.4, -0.2) is 16.6 Å². The van der Waals surface area contributed by atoms with Crippen molar-refractivity contribution in [2.75, 3.05) is 6.54 Å². The van der Waals surface area contributed by atoms with E-state index in [2.05, 4.69) is 16.4 Å². The van der Waals surface area contributed by atoms with Crippen molar-refractivity contribution in [3.63, 3.8) is 0 Å². The van der Waals surface area contributed by atoms with Crippen LogP contribution in [0, 0.1) is 18.3 Å². The largest absolute Gasteiger partial charge is 0.507 e. The fourth-order valence-corrected chi connectivity index (χ4v) is 4.22. The van der Waals surface area contributed by atoms with Crippen molar-refractivity contribution >= 4 is 32.3 Å². The van der Waals surface area contributed by atoms with Crippen molar-refractivity contribution in [1.29, 1.82) is 5.26 Å². The molecule has 2 aromatic carbocycles. The van der Waals surface area contributed by atoms with Gasteiger partial charge in [-0.05, 0) is 41.1 Å². The van der Waals surface area contributed by atoms with Gasteiger partial charge in [-0.3, -0.25) is 4.79 Å². The zero-order chi connectivity index (χ0) is 19.0. The number of nitriles is 1. The first kappa shape index (κ1) is 17.3. The molecule has 0 atom stereocenters. The van der Waals surface area contributed by atoms with Crippen molar-refractivity contribution in [2.45, 2.75) is 13.5 Å². The van der Waals surface area contributed by atoms with Gasteiger partial charge in [-0.2, -0.15) is 5.26 Å². The number of aryl methyl sites for hydroxylation is 1. The summed E-state index contributed by atoms with van der Waals surface area (Å²) in [5.74, 6) is 0.190. The van der Waals surface area contributed by atoms with Crippen LogP contribution in [0.15, 0.2) is 46.6 Å². The summed E-state index contributed by atoms with van der Waals surface area (Å²) in [5.41, 5.74) is 4.12. The van der Waals surface area contributed by atoms with Crippen LogP contribution in [0.2, 0.25) is 0 Å². The number of aromatic hydroxyl groups is 1. The SMILES string of the molecule is Cc1cc(O)c(-c2ccc(CNCC#N)cc2)c2c1[nH]c(=O)c1sccc12. The number of nitrogens with zero attached hydrogens (tertiary/aromatic N) is 1. The number of phenolic OH excluding ortho intramolecular Hbond substituents is 1. The van der Waals surface area contributed by atoms with Crippen LogP contribution in [0.25, 0.3) is 32.1 Å². The van der Waals surface area contributed by atoms with Crippen molar-refractivity contribution in [3.8, 4) is 22.9 Å². The molecule has 6 heteroatoms. The zero-order valence-electron chi connectivity index (χ0n) is 14.7. The molecule has 5 nitrogen and oxygen atoms in total. The highest BCUT2D eigenvalue weighted by atomic mass is 32.1. The number of aromatic nitrogens is 1. The maximum atomic E-state index is 12.4. The van der Waals surface area contributed by atoms with E-state index in [1.807, 2.05) is 42.6 Å². The molecule has 0 saturated heterocycles. The number of thiophene rings is 1. The van der Waals surface area contributed by atoms with Gasteiger partial charge in [0.2, 0.25) is 0 Å². The third kappa shape index (κ3) is 2.97. The fraction of sp³-hybridized carbons (Fsp3) is 0.143. The van der Waals surface area contributed by atoms with Gasteiger partial charge in [0.05, 0.1) is 18.1 Å². The first-order chi connectivity index (χ1) is 13.1. The molecule has 0 aliphatic carbocycles. The average Bonchev–Trinajstić information content (AvgIpc) is 3.15. The molecule has 134 valence electrons. The number of phenols is 1. The Morgan fingerprint density at radius 3 is 2.78 bits per heavy atom. The number of hydrogen-bond donors (Lipinski definition) is 3. The smallest absolute Gasteiger partial charge is 0.266 e. The molecule has 27 heavy (non-hydrogen) atoms. The molecule has 0 bridgehead atoms. The van der Waals surface area contributed by atoms with Gasteiger partial charge in [0.15, 0.2) is 0 Å². The predicted molar refractivity (Wildman–Crippen MR) is 109 cm³/mol. The number of rotatable bonds is 4. The van der Waals surface area contributed by atoms with Crippen molar-refractivity contribution < 1.29 is 5.11 Å². The molecule has 0 aliphatic rings. The summed E-state index contributed by atoms with van der Waals surface area (Å²) >= 11 is 1.40. The minimum atomic E-state index is -0.105. The minimum Gasteiger partial charge on any atom is -0.507 e. The van der Waals surface area contributed by atoms with E-state index in [1.165, 1.54) is 11.3 Å². The van der Waals surface area contributed by atoms with Crippen LogP contribution in [0.3, 0.4) is 0 Å². The topological polar surface area (TPSA) is 88.9 Å². The van der Waals surface area contributed by atoms with Crippen LogP contribution >= 0.6 is 11.3 Å². The molecular weight excluding hydrogens is 358 g/mol. The van der Waals surface area contributed by atoms with Gasteiger partial charge in [-0.25, -0.2) is 0 Å². The summed E-state index contributed by atoms with van der Waals surface area (Å²) in [5, 5.41) is 26.0. The standard InChI is InChI=1S/C21H17N3O2S/c1-12-10-16(25)17(14-4-2-13(3-5-14)11-23-8-7-22)18-15-6-9-27-20(15)21(26)24-19(12)18/h2-6,9-10,23,25H,8,11H2,1H3,(H,24,26). The second-order valence-corrected chi connectivity index (χ2v) is 7.33. The summed E-state index contributed by atoms with van der Waals surface area (Å²) in [7, 11) is 0. The van der Waals surface area contributed by atoms with Crippen LogP contribution < -0.4 is 10.9 Å². The fourth-order valence-electron chi connectivity index (χ4n) is 3.43. The number of benzene rings is 2. The van der Waals surface area contributed by atoms with E-state index in [0.29, 0.717) is 23.4 Å². The van der Waals surface area contributed by atoms with Crippen LogP contribution in [0.1, 0.15) is 11.1 Å². The lowest BCUT2D eigenvalue weighted by molar-refractivity contribution is 0.477. The molecule has 4 aromatic rings. The highest BCUT2D eigenvalue weighted by molar-refractivity contribution is 7.17. The summed E-state index contributed by atoms with van der Waals surface area (Å²) in [6.07, 6.45) is 0. The van der Waals surface area contributed by atoms with E-state index < -0.39 is 0 Å². The van der Waals surface area contributed by atoms with Gasteiger partial charge in [-0.1, -0.05) is 24.3 Å². The molecular formula is C21H17N3O2S. The third-order valence-corrected chi connectivity index (χ3v) is 5.57. The Kier molecular flexibility index (Phi) is 4.40. The van der Waals surface area contributed by atoms with E-state index in [1.54, 1.807) is 6.07 Å². The first-order valence-corrected chi connectivity index (χ1v) is 9.41. The lowest BCUT2D eigenvalue weighted by atomic mass is 9.94. The number of hydrogen-bond acceptors (Lipinski definition) is 5. The second kappa shape index (κ2) is 6.88. The maximum absolute atomic E-state index is 12.4. The zero-order valence-corrected chi connectivity index (χ0v) is 15.5. The van der Waals surface area contributed by atoms with Crippen molar-refractivity contribution in [2.24, 2.45) is 0 Å². The Morgan fingerprint density at radius 1 is 1.26 bits per heavy atom. The Hall–Kier alpha value is -3.14. The van der Waals surface area contributed by atoms with Gasteiger partial charge in [-0.15, -0.1) is 11.3 Å². The highest BCUT2D eigenvalue weighted by Crippen LogP contribution is 2.41. The quantitative estimate of drug-likeness (QED) is 0.371. The molecule has 0 fully saturated rings. The number of aromatic amines is 1. The summed E-state index contributed by atoms with van der Waals surface area (Å²) < 4.78 is 0.658. The average molecular weight is 375 g/mol. The molecule has 2 aromatic heterocycles. The van der Waals surface area contributed by atoms with E-state index >= 15 is 0 Å². The molecule has 0 aliphatic heterocycles. The summed E-state index contributed by atoms with van der Waals surface area (Å²) in [4.78, 5) is 15.3. The monoisotopic (exact) mass is 375 g/mol. The molecule has 0 unspecified atom stereocenters. The number of pyridine rings is 1. The molecule has 0 spiro atoms. The molecule has 4 rings (SSSR count). The highest BCUT2D eigenvalue weighted by Gasteiger charge is 2.17. The van der Waals surface area contributed by atoms with E-state index in [-0.39, 0.29) is 11.3 Å². The normalized spacial score (nSPS) is 11.1. The lowest BCUT2D eigenvalue weighted by Gasteiger charge is -2.13. The van der Waals surface area contributed by atoms with Crippen LogP contribution in [0.4, 0.5) is 0 Å². The Labute approximate surface area is 159 Å². The van der Waals surface area contributed by atoms with E-state index in [9.17, 15) is 9.90 Å². The Morgan fingerprint density at radius 2 is 2.04 bits per heavy atom. The van der Waals surface area contributed by atoms with Gasteiger partial charge in [0.1, 0.15) is 10.4 Å². The summed E-state index contributed by atoms with van der Waals surface area (Å²) in [6.45, 7) is 2.79. The first-order valence-electron chi connectivity index (χ1n) is 8.53. The van der Waals surface area contributed by atoms with Gasteiger partial charge >= 0.3 is 0 Å². The molecule has 0 radical (unpaired) electrons. The number of H-pyrrole nitrogens is 1. The second-order valence-electron chi connectivity index (χ2n) is 6.41. The molecule has 2 heterocycles. The van der Waals surface area contributed by atoms with Crippen LogP contribution in [-0.2, 0) is 6.54 Å². The maximum Gasteiger partial charge on any atom is 0.266 e. The molecule has 0 amide bonds. The van der Waals surface area contributed by atoms with E-state index in [0.717, 1.165) is 33.0 Å². The third-order valence-electron chi connectivity index (χ3n) is 4.66. The van der Waals surface area contributed by atoms with Gasteiger partial charge in [0, 0.05) is 22.9 Å². The Bertz CT molecular complexity index is 1250. The molecule has 0 saturated carbocycles. The van der Waals surface area contributed by atoms with Crippen molar-refractivity contribution in [1.82, 2.24) is 10.3 Å². The Balaban J connectivity index is 1.93. The van der Waals surface area contributed by atoms with Gasteiger partial charge in [0.25, 0.3) is 5.56 Å². The number of nitrogens with one attached hydrogen (secondary N) is 2. The molecule has 3 N–H and O–H groups in total. The minimum absolute atomic E-state index is 0.105. The van der Waals surface area contributed by atoms with Crippen LogP contribution in [0.5, 0.6) is 5.75 Å². The van der Waals surface area contributed by atoms with Gasteiger partial charge < -0.3 is 15.4 Å². The lowest BCUT2D eigenvalue weighted by Crippen LogP contribution is -2.12. The van der Waals surface area contributed by atoms with Crippen molar-refractivity contribution in [3.05, 3.63) is 63.3 Å². The number of fused-ring (bicyclic) bond motifs is 3. The van der Waals surface area contributed by atoms with E-state index in [4.69, 9.17) is 5.26 Å².